The van der Waals surface area contributed by atoms with Crippen molar-refractivity contribution in [3.63, 3.8) is 0 Å². The van der Waals surface area contributed by atoms with Crippen LogP contribution in [0.15, 0.2) is 52.2 Å². The summed E-state index contributed by atoms with van der Waals surface area (Å²) in [6.07, 6.45) is 3.78. The molecule has 0 radical (unpaired) electrons. The van der Waals surface area contributed by atoms with Crippen molar-refractivity contribution < 1.29 is 23.5 Å². The summed E-state index contributed by atoms with van der Waals surface area (Å²) < 4.78 is 10.8. The minimum atomic E-state index is -0.930. The maximum absolute atomic E-state index is 13.3. The van der Waals surface area contributed by atoms with E-state index in [1.165, 1.54) is 5.01 Å². The van der Waals surface area contributed by atoms with E-state index >= 15 is 0 Å². The van der Waals surface area contributed by atoms with Gasteiger partial charge < -0.3 is 14.5 Å². The van der Waals surface area contributed by atoms with Crippen LogP contribution >= 0.6 is 0 Å². The van der Waals surface area contributed by atoms with Gasteiger partial charge in [-0.2, -0.15) is 5.10 Å². The monoisotopic (exact) mass is 436 g/mol. The number of carbonyl (C=O) groups is 3. The normalized spacial score (nSPS) is 25.2. The van der Waals surface area contributed by atoms with Crippen LogP contribution in [-0.4, -0.2) is 52.7 Å². The van der Waals surface area contributed by atoms with Crippen LogP contribution in [0.5, 0.6) is 5.75 Å². The number of nitrogens with zero attached hydrogens (tertiary/aromatic N) is 3. The van der Waals surface area contributed by atoms with Gasteiger partial charge >= 0.3 is 6.03 Å². The van der Waals surface area contributed by atoms with Gasteiger partial charge in [0.1, 0.15) is 29.6 Å². The van der Waals surface area contributed by atoms with Gasteiger partial charge in [-0.1, -0.05) is 0 Å². The topological polar surface area (TPSA) is 104 Å². The Hall–Kier alpha value is -3.62. The summed E-state index contributed by atoms with van der Waals surface area (Å²) in [6, 6.07) is 9.96. The molecule has 3 heterocycles. The van der Waals surface area contributed by atoms with Gasteiger partial charge in [-0.15, -0.1) is 0 Å². The molecule has 1 aromatic heterocycles. The lowest BCUT2D eigenvalue weighted by atomic mass is 9.96. The molecular weight excluding hydrogens is 412 g/mol. The van der Waals surface area contributed by atoms with E-state index < -0.39 is 23.5 Å². The Kier molecular flexibility index (Phi) is 4.76. The van der Waals surface area contributed by atoms with Crippen molar-refractivity contribution in [1.82, 2.24) is 15.2 Å². The molecular formula is C23H24N4O5. The van der Waals surface area contributed by atoms with Crippen molar-refractivity contribution in [3.05, 3.63) is 54.0 Å². The third-order valence-corrected chi connectivity index (χ3v) is 6.45. The first-order chi connectivity index (χ1) is 15.4. The van der Waals surface area contributed by atoms with Gasteiger partial charge in [0.15, 0.2) is 0 Å². The summed E-state index contributed by atoms with van der Waals surface area (Å²) in [5, 5.41) is 8.65. The molecule has 5 rings (SSSR count). The minimum Gasteiger partial charge on any atom is -0.497 e. The molecule has 9 nitrogen and oxygen atoms in total. The lowest BCUT2D eigenvalue weighted by Crippen LogP contribution is -2.47. The Balaban J connectivity index is 1.39. The summed E-state index contributed by atoms with van der Waals surface area (Å²) >= 11 is 0. The Morgan fingerprint density at radius 2 is 2.00 bits per heavy atom. The molecule has 1 aliphatic carbocycles. The summed E-state index contributed by atoms with van der Waals surface area (Å²) in [7, 11) is 1.60. The first-order valence-corrected chi connectivity index (χ1v) is 10.6. The quantitative estimate of drug-likeness (QED) is 0.701. The van der Waals surface area contributed by atoms with E-state index in [-0.39, 0.29) is 18.4 Å². The first-order valence-electron chi connectivity index (χ1n) is 10.6. The second-order valence-corrected chi connectivity index (χ2v) is 8.55. The van der Waals surface area contributed by atoms with Crippen molar-refractivity contribution in [1.29, 1.82) is 0 Å². The van der Waals surface area contributed by atoms with Gasteiger partial charge in [-0.05, 0) is 67.6 Å². The molecule has 0 bridgehead atoms. The fraction of sp³-hybridized carbons (Fsp3) is 0.391. The molecule has 1 saturated heterocycles. The molecule has 1 N–H and O–H groups in total. The molecule has 0 spiro atoms. The number of carbonyl (C=O) groups excluding carboxylic acids is 3. The molecule has 1 aromatic carbocycles. The Morgan fingerprint density at radius 1 is 1.25 bits per heavy atom. The van der Waals surface area contributed by atoms with Crippen molar-refractivity contribution in [2.75, 3.05) is 13.7 Å². The van der Waals surface area contributed by atoms with Gasteiger partial charge in [-0.25, -0.2) is 9.80 Å². The average Bonchev–Trinajstić information content (AvgIpc) is 3.26. The molecule has 2 unspecified atom stereocenters. The van der Waals surface area contributed by atoms with Crippen LogP contribution in [-0.2, 0) is 9.59 Å². The lowest BCUT2D eigenvalue weighted by Gasteiger charge is -2.23. The van der Waals surface area contributed by atoms with E-state index in [2.05, 4.69) is 10.4 Å². The summed E-state index contributed by atoms with van der Waals surface area (Å²) in [6.45, 7) is 1.36. The Morgan fingerprint density at radius 3 is 2.62 bits per heavy atom. The van der Waals surface area contributed by atoms with Crippen molar-refractivity contribution in [2.45, 2.75) is 37.8 Å². The smallest absolute Gasteiger partial charge is 0.325 e. The summed E-state index contributed by atoms with van der Waals surface area (Å²) in [5.74, 6) is 0.636. The van der Waals surface area contributed by atoms with Gasteiger partial charge in [0.25, 0.3) is 11.8 Å². The highest BCUT2D eigenvalue weighted by atomic mass is 16.5. The number of methoxy groups -OCH3 is 1. The third kappa shape index (κ3) is 3.34. The number of benzene rings is 1. The fourth-order valence-corrected chi connectivity index (χ4v) is 4.41. The van der Waals surface area contributed by atoms with Gasteiger partial charge in [0.2, 0.25) is 0 Å². The number of hydrogen-bond acceptors (Lipinski definition) is 6. The molecule has 2 aliphatic heterocycles. The van der Waals surface area contributed by atoms with Crippen LogP contribution in [0.4, 0.5) is 4.79 Å². The third-order valence-electron chi connectivity index (χ3n) is 6.45. The van der Waals surface area contributed by atoms with Crippen molar-refractivity contribution in [3.8, 4) is 5.75 Å². The highest BCUT2D eigenvalue weighted by Crippen LogP contribution is 2.42. The predicted molar refractivity (Wildman–Crippen MR) is 114 cm³/mol. The molecule has 9 heteroatoms. The second-order valence-electron chi connectivity index (χ2n) is 8.55. The van der Waals surface area contributed by atoms with E-state index in [1.54, 1.807) is 32.4 Å². The van der Waals surface area contributed by atoms with Crippen LogP contribution in [0.2, 0.25) is 0 Å². The average molecular weight is 436 g/mol. The molecule has 3 aliphatic rings. The number of urea groups is 1. The standard InChI is InChI=1S/C23H24N4O5/c1-23(15-7-8-15)21(29)26(22(30)24-23)13-20(28)27-18(19-4-3-11-32-19)12-17(25-27)14-5-9-16(31-2)10-6-14/h3-6,9-11,15,18H,7-8,12-13H2,1-2H3,(H,24,30). The fourth-order valence-electron chi connectivity index (χ4n) is 4.41. The van der Waals surface area contributed by atoms with E-state index in [4.69, 9.17) is 9.15 Å². The van der Waals surface area contributed by atoms with Crippen molar-refractivity contribution >= 4 is 23.6 Å². The van der Waals surface area contributed by atoms with E-state index in [1.807, 2.05) is 24.3 Å². The van der Waals surface area contributed by atoms with Gasteiger partial charge in [0.05, 0.1) is 19.1 Å². The number of imide groups is 1. The molecule has 2 fully saturated rings. The van der Waals surface area contributed by atoms with Crippen molar-refractivity contribution in [2.24, 2.45) is 11.0 Å². The summed E-state index contributed by atoms with van der Waals surface area (Å²) in [4.78, 5) is 39.7. The zero-order valence-electron chi connectivity index (χ0n) is 17.9. The van der Waals surface area contributed by atoms with E-state index in [9.17, 15) is 14.4 Å². The maximum atomic E-state index is 13.3. The van der Waals surface area contributed by atoms with Crippen LogP contribution < -0.4 is 10.1 Å². The number of hydrogen-bond donors (Lipinski definition) is 1. The molecule has 166 valence electrons. The molecule has 32 heavy (non-hydrogen) atoms. The first kappa shape index (κ1) is 20.3. The predicted octanol–water partition coefficient (Wildman–Crippen LogP) is 2.69. The largest absolute Gasteiger partial charge is 0.497 e. The maximum Gasteiger partial charge on any atom is 0.325 e. The van der Waals surface area contributed by atoms with E-state index in [0.29, 0.717) is 17.9 Å². The molecule has 1 saturated carbocycles. The zero-order chi connectivity index (χ0) is 22.5. The number of hydrazone groups is 1. The van der Waals surface area contributed by atoms with Gasteiger partial charge in [-0.3, -0.25) is 14.5 Å². The number of rotatable bonds is 6. The SMILES string of the molecule is COc1ccc(C2=NN(C(=O)CN3C(=O)NC(C)(C4CC4)C3=O)C(c3ccco3)C2)cc1. The highest BCUT2D eigenvalue weighted by Gasteiger charge is 2.56. The zero-order valence-corrected chi connectivity index (χ0v) is 17.9. The van der Waals surface area contributed by atoms with Crippen LogP contribution in [0, 0.1) is 5.92 Å². The highest BCUT2D eigenvalue weighted by molar-refractivity contribution is 6.09. The minimum absolute atomic E-state index is 0.126. The number of amides is 4. The molecule has 4 amide bonds. The number of nitrogens with one attached hydrogen (secondary N) is 1. The summed E-state index contributed by atoms with van der Waals surface area (Å²) in [5.41, 5.74) is 0.636. The van der Waals surface area contributed by atoms with E-state index in [0.717, 1.165) is 29.1 Å². The Labute approximate surface area is 185 Å². The Bertz CT molecular complexity index is 1090. The second kappa shape index (κ2) is 7.51. The lowest BCUT2D eigenvalue weighted by molar-refractivity contribution is -0.140. The van der Waals surface area contributed by atoms with Crippen LogP contribution in [0.3, 0.4) is 0 Å². The van der Waals surface area contributed by atoms with Crippen LogP contribution in [0.25, 0.3) is 0 Å². The number of furan rings is 1. The van der Waals surface area contributed by atoms with Gasteiger partial charge in [0, 0.05) is 6.42 Å². The van der Waals surface area contributed by atoms with Crippen LogP contribution in [0.1, 0.15) is 43.6 Å². The molecule has 2 aromatic rings. The molecule has 2 atom stereocenters. The number of ether oxygens (including phenoxy) is 1.